The van der Waals surface area contributed by atoms with Crippen molar-refractivity contribution < 1.29 is 9.13 Å². The fourth-order valence-corrected chi connectivity index (χ4v) is 1.67. The molecule has 2 N–H and O–H groups in total. The molecule has 0 aliphatic carbocycles. The van der Waals surface area contributed by atoms with Crippen LogP contribution in [-0.4, -0.2) is 13.8 Å². The Kier molecular flexibility index (Phi) is 3.69. The van der Waals surface area contributed by atoms with Crippen LogP contribution in [0.25, 0.3) is 0 Å². The molecule has 1 unspecified atom stereocenters. The smallest absolute Gasteiger partial charge is 0.120 e. The summed E-state index contributed by atoms with van der Waals surface area (Å²) < 4.78 is 18.0. The van der Waals surface area contributed by atoms with E-state index in [-0.39, 0.29) is 0 Å². The van der Waals surface area contributed by atoms with Crippen LogP contribution >= 0.6 is 15.9 Å². The second-order valence-corrected chi connectivity index (χ2v) is 3.50. The van der Waals surface area contributed by atoms with Gasteiger partial charge in [-0.25, -0.2) is 4.39 Å². The summed E-state index contributed by atoms with van der Waals surface area (Å²) in [7, 11) is 1.58. The van der Waals surface area contributed by atoms with Gasteiger partial charge in [-0.15, -0.1) is 0 Å². The molecule has 13 heavy (non-hydrogen) atoms. The van der Waals surface area contributed by atoms with Gasteiger partial charge < -0.3 is 10.5 Å². The number of hydrogen-bond acceptors (Lipinski definition) is 2. The van der Waals surface area contributed by atoms with Gasteiger partial charge in [-0.2, -0.15) is 0 Å². The molecule has 0 saturated heterocycles. The first-order chi connectivity index (χ1) is 6.19. The monoisotopic (exact) mass is 247 g/mol. The van der Waals surface area contributed by atoms with Gasteiger partial charge in [0.1, 0.15) is 12.4 Å². The van der Waals surface area contributed by atoms with Gasteiger partial charge in [-0.1, -0.05) is 22.0 Å². The van der Waals surface area contributed by atoms with Gasteiger partial charge in [-0.05, 0) is 17.7 Å². The zero-order chi connectivity index (χ0) is 9.84. The maximum atomic E-state index is 12.3. The summed E-state index contributed by atoms with van der Waals surface area (Å²) in [6.07, 6.45) is 0. The molecule has 0 spiro atoms. The molecule has 1 aromatic rings. The number of halogens is 2. The predicted molar refractivity (Wildman–Crippen MR) is 53.6 cm³/mol. The summed E-state index contributed by atoms with van der Waals surface area (Å²) in [5, 5.41) is 0. The normalized spacial score (nSPS) is 12.6. The standard InChI is InChI=1S/C9H11BrFNO/c1-13-6-2-3-7(8(10)4-6)9(12)5-11/h2-4,9H,5,12H2,1H3. The third-order valence-electron chi connectivity index (χ3n) is 1.77. The first-order valence-electron chi connectivity index (χ1n) is 3.84. The molecule has 0 aromatic heterocycles. The topological polar surface area (TPSA) is 35.2 Å². The summed E-state index contributed by atoms with van der Waals surface area (Å²) in [6.45, 7) is -0.565. The number of rotatable bonds is 3. The third-order valence-corrected chi connectivity index (χ3v) is 2.46. The molecule has 0 aliphatic rings. The van der Waals surface area contributed by atoms with Crippen molar-refractivity contribution in [2.24, 2.45) is 5.73 Å². The Bertz CT molecular complexity index is 293. The van der Waals surface area contributed by atoms with Crippen molar-refractivity contribution in [2.75, 3.05) is 13.8 Å². The third kappa shape index (κ3) is 2.42. The highest BCUT2D eigenvalue weighted by atomic mass is 79.9. The fourth-order valence-electron chi connectivity index (χ4n) is 1.02. The summed E-state index contributed by atoms with van der Waals surface area (Å²) in [6, 6.07) is 4.72. The fraction of sp³-hybridized carbons (Fsp3) is 0.333. The van der Waals surface area contributed by atoms with Gasteiger partial charge in [0.25, 0.3) is 0 Å². The van der Waals surface area contributed by atoms with Crippen LogP contribution in [0.5, 0.6) is 5.75 Å². The minimum Gasteiger partial charge on any atom is -0.497 e. The summed E-state index contributed by atoms with van der Waals surface area (Å²) >= 11 is 3.30. The Hall–Kier alpha value is -0.610. The van der Waals surface area contributed by atoms with E-state index in [1.54, 1.807) is 25.3 Å². The number of alkyl halides is 1. The van der Waals surface area contributed by atoms with Crippen LogP contribution in [0.3, 0.4) is 0 Å². The maximum absolute atomic E-state index is 12.3. The molecular weight excluding hydrogens is 237 g/mol. The summed E-state index contributed by atoms with van der Waals surface area (Å²) in [5.74, 6) is 0.724. The van der Waals surface area contributed by atoms with E-state index >= 15 is 0 Å². The highest BCUT2D eigenvalue weighted by molar-refractivity contribution is 9.10. The summed E-state index contributed by atoms with van der Waals surface area (Å²) in [5.41, 5.74) is 6.29. The average Bonchev–Trinajstić information content (AvgIpc) is 2.16. The van der Waals surface area contributed by atoms with Crippen LogP contribution in [0.15, 0.2) is 22.7 Å². The second-order valence-electron chi connectivity index (χ2n) is 2.65. The predicted octanol–water partition coefficient (Wildman–Crippen LogP) is 2.43. The first-order valence-corrected chi connectivity index (χ1v) is 4.63. The lowest BCUT2D eigenvalue weighted by Gasteiger charge is -2.10. The van der Waals surface area contributed by atoms with Crippen LogP contribution < -0.4 is 10.5 Å². The van der Waals surface area contributed by atoms with Crippen molar-refractivity contribution in [1.82, 2.24) is 0 Å². The molecule has 0 aliphatic heterocycles. The van der Waals surface area contributed by atoms with E-state index in [0.29, 0.717) is 0 Å². The Labute approximate surface area is 85.0 Å². The van der Waals surface area contributed by atoms with Gasteiger partial charge in [-0.3, -0.25) is 0 Å². The minimum atomic E-state index is -0.569. The van der Waals surface area contributed by atoms with E-state index < -0.39 is 12.7 Å². The molecule has 0 fully saturated rings. The minimum absolute atomic E-state index is 0.565. The molecule has 0 radical (unpaired) electrons. The lowest BCUT2D eigenvalue weighted by molar-refractivity contribution is 0.412. The highest BCUT2D eigenvalue weighted by Crippen LogP contribution is 2.26. The Morgan fingerprint density at radius 3 is 2.77 bits per heavy atom. The summed E-state index contributed by atoms with van der Waals surface area (Å²) in [4.78, 5) is 0. The number of hydrogen-bond donors (Lipinski definition) is 1. The Morgan fingerprint density at radius 1 is 1.62 bits per heavy atom. The van der Waals surface area contributed by atoms with Crippen LogP contribution in [0.2, 0.25) is 0 Å². The molecule has 1 rings (SSSR count). The van der Waals surface area contributed by atoms with E-state index in [2.05, 4.69) is 15.9 Å². The number of benzene rings is 1. The van der Waals surface area contributed by atoms with E-state index in [9.17, 15) is 4.39 Å². The van der Waals surface area contributed by atoms with E-state index in [1.165, 1.54) is 0 Å². The number of nitrogens with two attached hydrogens (primary N) is 1. The van der Waals surface area contributed by atoms with Crippen molar-refractivity contribution in [2.45, 2.75) is 6.04 Å². The van der Waals surface area contributed by atoms with Gasteiger partial charge in [0, 0.05) is 4.47 Å². The number of ether oxygens (including phenoxy) is 1. The second kappa shape index (κ2) is 4.58. The number of methoxy groups -OCH3 is 1. The van der Waals surface area contributed by atoms with Crippen LogP contribution in [-0.2, 0) is 0 Å². The van der Waals surface area contributed by atoms with E-state index in [1.807, 2.05) is 0 Å². The van der Waals surface area contributed by atoms with Gasteiger partial charge >= 0.3 is 0 Å². The zero-order valence-corrected chi connectivity index (χ0v) is 8.84. The molecule has 0 heterocycles. The van der Waals surface area contributed by atoms with Crippen molar-refractivity contribution in [3.63, 3.8) is 0 Å². The van der Waals surface area contributed by atoms with Crippen molar-refractivity contribution in [3.05, 3.63) is 28.2 Å². The van der Waals surface area contributed by atoms with Crippen molar-refractivity contribution in [3.8, 4) is 5.75 Å². The molecule has 72 valence electrons. The molecule has 0 saturated carbocycles. The Balaban J connectivity index is 2.98. The van der Waals surface area contributed by atoms with E-state index in [0.717, 1.165) is 15.8 Å². The van der Waals surface area contributed by atoms with Gasteiger partial charge in [0.15, 0.2) is 0 Å². The van der Waals surface area contributed by atoms with Crippen LogP contribution in [0.1, 0.15) is 11.6 Å². The lowest BCUT2D eigenvalue weighted by atomic mass is 10.1. The average molecular weight is 248 g/mol. The quantitative estimate of drug-likeness (QED) is 0.891. The zero-order valence-electron chi connectivity index (χ0n) is 7.26. The molecule has 0 amide bonds. The molecule has 0 bridgehead atoms. The molecular formula is C9H11BrFNO. The molecule has 1 atom stereocenters. The highest BCUT2D eigenvalue weighted by Gasteiger charge is 2.09. The molecule has 1 aromatic carbocycles. The Morgan fingerprint density at radius 2 is 2.31 bits per heavy atom. The molecule has 2 nitrogen and oxygen atoms in total. The van der Waals surface area contributed by atoms with Gasteiger partial charge in [0.05, 0.1) is 13.2 Å². The van der Waals surface area contributed by atoms with Gasteiger partial charge in [0.2, 0.25) is 0 Å². The van der Waals surface area contributed by atoms with E-state index in [4.69, 9.17) is 10.5 Å². The van der Waals surface area contributed by atoms with Crippen LogP contribution in [0, 0.1) is 0 Å². The van der Waals surface area contributed by atoms with Crippen molar-refractivity contribution >= 4 is 15.9 Å². The largest absolute Gasteiger partial charge is 0.497 e. The van der Waals surface area contributed by atoms with Crippen LogP contribution in [0.4, 0.5) is 4.39 Å². The SMILES string of the molecule is COc1ccc(C(N)CF)c(Br)c1. The lowest BCUT2D eigenvalue weighted by Crippen LogP contribution is -2.12. The van der Waals surface area contributed by atoms with Crippen molar-refractivity contribution in [1.29, 1.82) is 0 Å². The maximum Gasteiger partial charge on any atom is 0.120 e. The molecule has 4 heteroatoms. The first kappa shape index (κ1) is 10.5.